The molecule has 0 bridgehead atoms. The van der Waals surface area contributed by atoms with Crippen molar-refractivity contribution in [1.29, 1.82) is 0 Å². The van der Waals surface area contributed by atoms with Crippen LogP contribution in [0.5, 0.6) is 5.75 Å². The van der Waals surface area contributed by atoms with E-state index in [-0.39, 0.29) is 24.3 Å². The molecule has 11 heteroatoms. The number of methoxy groups -OCH3 is 1. The number of aliphatic hydroxyl groups is 1. The minimum atomic E-state index is -4.44. The number of nitrogens with one attached hydrogen (secondary N) is 2. The van der Waals surface area contributed by atoms with Gasteiger partial charge in [-0.1, -0.05) is 18.2 Å². The maximum absolute atomic E-state index is 12.6. The van der Waals surface area contributed by atoms with E-state index in [0.717, 1.165) is 12.1 Å². The van der Waals surface area contributed by atoms with Crippen molar-refractivity contribution in [2.45, 2.75) is 24.1 Å². The highest BCUT2D eigenvalue weighted by molar-refractivity contribution is 8.15. The molecule has 164 valence electrons. The second kappa shape index (κ2) is 8.60. The van der Waals surface area contributed by atoms with E-state index in [4.69, 9.17) is 4.74 Å². The zero-order valence-corrected chi connectivity index (χ0v) is 16.9. The lowest BCUT2D eigenvalue weighted by Gasteiger charge is -2.18. The van der Waals surface area contributed by atoms with E-state index in [2.05, 4.69) is 5.32 Å². The molecule has 0 radical (unpaired) electrons. The molecular formula is C20H17F3N2O5S. The third-order valence-corrected chi connectivity index (χ3v) is 5.48. The molecule has 3 N–H and O–H groups in total. The van der Waals surface area contributed by atoms with Crippen LogP contribution < -0.4 is 15.4 Å². The maximum Gasteiger partial charge on any atom is 0.416 e. The van der Waals surface area contributed by atoms with Gasteiger partial charge >= 0.3 is 6.18 Å². The summed E-state index contributed by atoms with van der Waals surface area (Å²) in [4.78, 5) is 33.7. The number of halogens is 3. The molecule has 0 aromatic heterocycles. The predicted molar refractivity (Wildman–Crippen MR) is 105 cm³/mol. The maximum atomic E-state index is 12.6. The molecule has 3 rings (SSSR count). The Morgan fingerprint density at radius 2 is 1.81 bits per heavy atom. The first-order valence-electron chi connectivity index (χ1n) is 8.90. The molecule has 1 unspecified atom stereocenters. The van der Waals surface area contributed by atoms with Gasteiger partial charge in [0.1, 0.15) is 5.75 Å². The van der Waals surface area contributed by atoms with Crippen LogP contribution in [0.2, 0.25) is 0 Å². The van der Waals surface area contributed by atoms with Gasteiger partial charge in [-0.15, -0.1) is 0 Å². The van der Waals surface area contributed by atoms with Crippen LogP contribution in [-0.4, -0.2) is 34.2 Å². The van der Waals surface area contributed by atoms with Gasteiger partial charge in [0, 0.05) is 13.0 Å². The molecule has 3 amide bonds. The standard InChI is InChI=1S/C20H17F3N2O5S/c1-30-15-8-12(9-19(29)17(27)25-18(28)31-19)4-7-14(15)16(26)24-10-11-2-5-13(6-3-11)20(21,22)23/h2-8,29H,9-10H2,1H3,(H,24,26)(H,25,27,28). The first-order chi connectivity index (χ1) is 14.5. The molecule has 1 saturated heterocycles. The van der Waals surface area contributed by atoms with Crippen LogP contribution in [0.4, 0.5) is 18.0 Å². The molecule has 1 aliphatic heterocycles. The SMILES string of the molecule is COc1cc(CC2(O)SC(=O)NC2=O)ccc1C(=O)NCc1ccc(C(F)(F)F)cc1. The predicted octanol–water partition coefficient (Wildman–Crippen LogP) is 2.86. The Morgan fingerprint density at radius 3 is 2.35 bits per heavy atom. The van der Waals surface area contributed by atoms with Crippen LogP contribution in [0.1, 0.15) is 27.0 Å². The summed E-state index contributed by atoms with van der Waals surface area (Å²) in [6, 6.07) is 8.81. The van der Waals surface area contributed by atoms with Crippen LogP contribution in [0, 0.1) is 0 Å². The third-order valence-electron chi connectivity index (χ3n) is 4.52. The number of hydrogen-bond acceptors (Lipinski definition) is 6. The Morgan fingerprint density at radius 1 is 1.16 bits per heavy atom. The van der Waals surface area contributed by atoms with E-state index in [1.165, 1.54) is 37.4 Å². The van der Waals surface area contributed by atoms with Crippen molar-refractivity contribution >= 4 is 28.8 Å². The van der Waals surface area contributed by atoms with Gasteiger partial charge in [-0.25, -0.2) is 0 Å². The Balaban J connectivity index is 1.68. The fourth-order valence-electron chi connectivity index (χ4n) is 2.93. The van der Waals surface area contributed by atoms with Crippen molar-refractivity contribution in [3.8, 4) is 5.75 Å². The van der Waals surface area contributed by atoms with E-state index in [0.29, 0.717) is 22.9 Å². The molecule has 31 heavy (non-hydrogen) atoms. The summed E-state index contributed by atoms with van der Waals surface area (Å²) in [7, 11) is 1.33. The van der Waals surface area contributed by atoms with E-state index in [1.54, 1.807) is 0 Å². The second-order valence-electron chi connectivity index (χ2n) is 6.72. The second-order valence-corrected chi connectivity index (χ2v) is 7.97. The Hall–Kier alpha value is -3.05. The molecule has 1 fully saturated rings. The summed E-state index contributed by atoms with van der Waals surface area (Å²) in [5.74, 6) is -1.18. The summed E-state index contributed by atoms with van der Waals surface area (Å²) in [5, 5.41) is 14.3. The third kappa shape index (κ3) is 5.17. The zero-order valence-electron chi connectivity index (χ0n) is 16.1. The van der Waals surface area contributed by atoms with Crippen LogP contribution in [0.25, 0.3) is 0 Å². The summed E-state index contributed by atoms with van der Waals surface area (Å²) >= 11 is 0.468. The number of thioether (sulfide) groups is 1. The molecular weight excluding hydrogens is 437 g/mol. The Labute approximate surface area is 179 Å². The quantitative estimate of drug-likeness (QED) is 0.620. The van der Waals surface area contributed by atoms with E-state index in [9.17, 15) is 32.7 Å². The van der Waals surface area contributed by atoms with Gasteiger partial charge in [0.05, 0.1) is 18.2 Å². The highest BCUT2D eigenvalue weighted by Crippen LogP contribution is 2.34. The van der Waals surface area contributed by atoms with Crippen LogP contribution >= 0.6 is 11.8 Å². The van der Waals surface area contributed by atoms with Gasteiger partial charge in [0.2, 0.25) is 4.93 Å². The fraction of sp³-hybridized carbons (Fsp3) is 0.250. The van der Waals surface area contributed by atoms with Gasteiger partial charge < -0.3 is 15.2 Å². The lowest BCUT2D eigenvalue weighted by Crippen LogP contribution is -2.38. The van der Waals surface area contributed by atoms with Gasteiger partial charge in [-0.2, -0.15) is 13.2 Å². The van der Waals surface area contributed by atoms with Crippen LogP contribution in [0.3, 0.4) is 0 Å². The lowest BCUT2D eigenvalue weighted by molar-refractivity contribution is -0.137. The van der Waals surface area contributed by atoms with Crippen molar-refractivity contribution in [3.05, 3.63) is 64.7 Å². The number of carbonyl (C=O) groups excluding carboxylic acids is 3. The first-order valence-corrected chi connectivity index (χ1v) is 9.71. The highest BCUT2D eigenvalue weighted by atomic mass is 32.2. The number of ether oxygens (including phenoxy) is 1. The molecule has 7 nitrogen and oxygen atoms in total. The van der Waals surface area contributed by atoms with Crippen molar-refractivity contribution in [3.63, 3.8) is 0 Å². The smallest absolute Gasteiger partial charge is 0.416 e. The molecule has 1 heterocycles. The summed E-state index contributed by atoms with van der Waals surface area (Å²) in [6.07, 6.45) is -4.62. The average Bonchev–Trinajstić information content (AvgIpc) is 2.96. The van der Waals surface area contributed by atoms with Crippen molar-refractivity contribution in [2.24, 2.45) is 0 Å². The molecule has 0 aliphatic carbocycles. The Bertz CT molecular complexity index is 1030. The van der Waals surface area contributed by atoms with Crippen LogP contribution in [-0.2, 0) is 23.9 Å². The van der Waals surface area contributed by atoms with Crippen molar-refractivity contribution < 1.29 is 37.4 Å². The summed E-state index contributed by atoms with van der Waals surface area (Å²) in [6.45, 7) is 0.000546. The van der Waals surface area contributed by atoms with E-state index in [1.807, 2.05) is 5.32 Å². The number of hydrogen-bond donors (Lipinski definition) is 3. The minimum Gasteiger partial charge on any atom is -0.496 e. The summed E-state index contributed by atoms with van der Waals surface area (Å²) < 4.78 is 43.1. The molecule has 1 atom stereocenters. The number of alkyl halides is 3. The fourth-order valence-corrected chi connectivity index (χ4v) is 3.76. The number of benzene rings is 2. The number of carbonyl (C=O) groups is 3. The highest BCUT2D eigenvalue weighted by Gasteiger charge is 2.46. The zero-order chi connectivity index (χ0) is 22.8. The normalized spacial score (nSPS) is 18.6. The van der Waals surface area contributed by atoms with E-state index < -0.39 is 33.7 Å². The molecule has 0 saturated carbocycles. The average molecular weight is 454 g/mol. The van der Waals surface area contributed by atoms with E-state index >= 15 is 0 Å². The van der Waals surface area contributed by atoms with Gasteiger partial charge in [0.25, 0.3) is 17.1 Å². The van der Waals surface area contributed by atoms with Crippen LogP contribution in [0.15, 0.2) is 42.5 Å². The largest absolute Gasteiger partial charge is 0.496 e. The number of imide groups is 1. The van der Waals surface area contributed by atoms with Gasteiger partial charge in [-0.3, -0.25) is 19.7 Å². The monoisotopic (exact) mass is 454 g/mol. The molecule has 1 aliphatic rings. The van der Waals surface area contributed by atoms with Crippen molar-refractivity contribution in [2.75, 3.05) is 7.11 Å². The number of amides is 3. The Kier molecular flexibility index (Phi) is 6.27. The summed E-state index contributed by atoms with van der Waals surface area (Å²) in [5.41, 5.74) is 0.311. The van der Waals surface area contributed by atoms with Crippen molar-refractivity contribution in [1.82, 2.24) is 10.6 Å². The topological polar surface area (TPSA) is 105 Å². The lowest BCUT2D eigenvalue weighted by atomic mass is 10.0. The first kappa shape index (κ1) is 22.6. The minimum absolute atomic E-state index is 0.000546. The molecule has 0 spiro atoms. The number of rotatable bonds is 6. The molecule has 2 aromatic carbocycles. The van der Waals surface area contributed by atoms with Gasteiger partial charge in [-0.05, 0) is 47.2 Å². The molecule has 2 aromatic rings. The van der Waals surface area contributed by atoms with Gasteiger partial charge in [0.15, 0.2) is 0 Å².